The fourth-order valence-corrected chi connectivity index (χ4v) is 1.48. The van der Waals surface area contributed by atoms with Crippen LogP contribution in [0.25, 0.3) is 0 Å². The van der Waals surface area contributed by atoms with Gasteiger partial charge in [-0.2, -0.15) is 0 Å². The minimum Gasteiger partial charge on any atom is -0.362 e. The third kappa shape index (κ3) is 3.70. The summed E-state index contributed by atoms with van der Waals surface area (Å²) in [5.74, 6) is -0.273. The summed E-state index contributed by atoms with van der Waals surface area (Å²) in [6.45, 7) is 2.57. The fourth-order valence-electron chi connectivity index (χ4n) is 0.987. The van der Waals surface area contributed by atoms with Crippen LogP contribution in [0, 0.1) is 0 Å². The summed E-state index contributed by atoms with van der Waals surface area (Å²) < 4.78 is 4.99. The van der Waals surface area contributed by atoms with Crippen molar-refractivity contribution >= 4 is 29.1 Å². The van der Waals surface area contributed by atoms with Gasteiger partial charge in [0.2, 0.25) is 0 Å². The molecule has 5 heteroatoms. The topological polar surface area (TPSA) is 38.3 Å². The molecular formula is C10H11Cl2NO2. The maximum Gasteiger partial charge on any atom is 0.254 e. The highest BCUT2D eigenvalue weighted by Crippen LogP contribution is 2.20. The maximum absolute atomic E-state index is 11.5. The Morgan fingerprint density at radius 2 is 2.20 bits per heavy atom. The number of nitrogens with one attached hydrogen (secondary N) is 1. The van der Waals surface area contributed by atoms with Gasteiger partial charge in [0.1, 0.15) is 6.73 Å². The average Bonchev–Trinajstić information content (AvgIpc) is 2.17. The third-order valence-corrected chi connectivity index (χ3v) is 2.26. The first-order chi connectivity index (χ1) is 7.15. The van der Waals surface area contributed by atoms with Gasteiger partial charge in [0, 0.05) is 11.6 Å². The van der Waals surface area contributed by atoms with Crippen molar-refractivity contribution in [3.8, 4) is 0 Å². The largest absolute Gasteiger partial charge is 0.362 e. The smallest absolute Gasteiger partial charge is 0.254 e. The van der Waals surface area contributed by atoms with Crippen LogP contribution in [0.15, 0.2) is 18.2 Å². The quantitative estimate of drug-likeness (QED) is 0.657. The van der Waals surface area contributed by atoms with E-state index in [1.807, 2.05) is 6.92 Å². The van der Waals surface area contributed by atoms with Crippen molar-refractivity contribution in [1.29, 1.82) is 0 Å². The van der Waals surface area contributed by atoms with Crippen molar-refractivity contribution in [2.75, 3.05) is 13.3 Å². The van der Waals surface area contributed by atoms with E-state index in [1.54, 1.807) is 12.1 Å². The molecule has 0 bridgehead atoms. The molecule has 0 unspecified atom stereocenters. The molecule has 0 heterocycles. The number of ether oxygens (including phenoxy) is 1. The highest BCUT2D eigenvalue weighted by Gasteiger charge is 2.09. The molecule has 1 aromatic rings. The molecule has 0 spiro atoms. The van der Waals surface area contributed by atoms with E-state index in [0.29, 0.717) is 22.2 Å². The van der Waals surface area contributed by atoms with E-state index in [4.69, 9.17) is 27.9 Å². The molecule has 1 amide bonds. The lowest BCUT2D eigenvalue weighted by Crippen LogP contribution is -2.26. The Kier molecular flexibility index (Phi) is 4.88. The highest BCUT2D eigenvalue weighted by atomic mass is 35.5. The number of carbonyl (C=O) groups excluding carboxylic acids is 1. The summed E-state index contributed by atoms with van der Waals surface area (Å²) in [7, 11) is 0. The van der Waals surface area contributed by atoms with Crippen LogP contribution in [0.2, 0.25) is 10.0 Å². The first kappa shape index (κ1) is 12.3. The Morgan fingerprint density at radius 1 is 1.47 bits per heavy atom. The van der Waals surface area contributed by atoms with E-state index in [0.717, 1.165) is 0 Å². The molecule has 0 atom stereocenters. The minimum absolute atomic E-state index is 0.175. The van der Waals surface area contributed by atoms with Gasteiger partial charge in [-0.1, -0.05) is 23.2 Å². The zero-order valence-corrected chi connectivity index (χ0v) is 9.73. The second kappa shape index (κ2) is 5.95. The van der Waals surface area contributed by atoms with Crippen molar-refractivity contribution in [2.24, 2.45) is 0 Å². The summed E-state index contributed by atoms with van der Waals surface area (Å²) in [6.07, 6.45) is 0. The summed E-state index contributed by atoms with van der Waals surface area (Å²) >= 11 is 11.6. The summed E-state index contributed by atoms with van der Waals surface area (Å²) in [6, 6.07) is 4.72. The van der Waals surface area contributed by atoms with Crippen molar-refractivity contribution in [3.63, 3.8) is 0 Å². The van der Waals surface area contributed by atoms with E-state index in [9.17, 15) is 4.79 Å². The van der Waals surface area contributed by atoms with E-state index in [-0.39, 0.29) is 12.6 Å². The van der Waals surface area contributed by atoms with Gasteiger partial charge in [-0.15, -0.1) is 0 Å². The molecule has 1 N–H and O–H groups in total. The molecule has 82 valence electrons. The van der Waals surface area contributed by atoms with Gasteiger partial charge in [0.15, 0.2) is 0 Å². The lowest BCUT2D eigenvalue weighted by Gasteiger charge is -2.06. The Labute approximate surface area is 98.3 Å². The van der Waals surface area contributed by atoms with Gasteiger partial charge in [-0.05, 0) is 25.1 Å². The molecule has 0 aliphatic heterocycles. The van der Waals surface area contributed by atoms with Crippen LogP contribution < -0.4 is 5.32 Å². The molecule has 0 saturated heterocycles. The highest BCUT2D eigenvalue weighted by molar-refractivity contribution is 6.36. The second-order valence-electron chi connectivity index (χ2n) is 2.77. The third-order valence-electron chi connectivity index (χ3n) is 1.71. The second-order valence-corrected chi connectivity index (χ2v) is 3.61. The van der Waals surface area contributed by atoms with E-state index >= 15 is 0 Å². The molecule has 0 fully saturated rings. The van der Waals surface area contributed by atoms with Gasteiger partial charge in [0.05, 0.1) is 10.6 Å². The van der Waals surface area contributed by atoms with Gasteiger partial charge in [-0.25, -0.2) is 0 Å². The molecule has 1 rings (SSSR count). The van der Waals surface area contributed by atoms with Gasteiger partial charge in [0.25, 0.3) is 5.91 Å². The average molecular weight is 248 g/mol. The Morgan fingerprint density at radius 3 is 2.80 bits per heavy atom. The first-order valence-corrected chi connectivity index (χ1v) is 5.21. The molecule has 0 aliphatic carbocycles. The van der Waals surface area contributed by atoms with E-state index in [2.05, 4.69) is 5.32 Å². The number of hydrogen-bond acceptors (Lipinski definition) is 2. The zero-order valence-electron chi connectivity index (χ0n) is 8.22. The molecular weight excluding hydrogens is 237 g/mol. The lowest BCUT2D eigenvalue weighted by molar-refractivity contribution is 0.0817. The number of rotatable bonds is 4. The van der Waals surface area contributed by atoms with Crippen molar-refractivity contribution in [3.05, 3.63) is 33.8 Å². The van der Waals surface area contributed by atoms with Crippen molar-refractivity contribution in [1.82, 2.24) is 5.32 Å². The Hall–Kier alpha value is -0.770. The molecule has 1 aromatic carbocycles. The Bertz CT molecular complexity index is 355. The maximum atomic E-state index is 11.5. The van der Waals surface area contributed by atoms with Crippen LogP contribution in [0.3, 0.4) is 0 Å². The van der Waals surface area contributed by atoms with Crippen LogP contribution >= 0.6 is 23.2 Å². The standard InChI is InChI=1S/C10H11Cl2NO2/c1-2-15-6-13-10(14)8-4-3-7(11)5-9(8)12/h3-5H,2,6H2,1H3,(H,13,14). The van der Waals surface area contributed by atoms with Gasteiger partial charge < -0.3 is 10.1 Å². The molecule has 0 saturated carbocycles. The van der Waals surface area contributed by atoms with Gasteiger partial charge in [-0.3, -0.25) is 4.79 Å². The van der Waals surface area contributed by atoms with Crippen LogP contribution in [0.1, 0.15) is 17.3 Å². The van der Waals surface area contributed by atoms with Gasteiger partial charge >= 0.3 is 0 Å². The molecule has 15 heavy (non-hydrogen) atoms. The fraction of sp³-hybridized carbons (Fsp3) is 0.300. The van der Waals surface area contributed by atoms with Crippen LogP contribution in [0.4, 0.5) is 0 Å². The SMILES string of the molecule is CCOCNC(=O)c1ccc(Cl)cc1Cl. The number of hydrogen-bond donors (Lipinski definition) is 1. The lowest BCUT2D eigenvalue weighted by atomic mass is 10.2. The predicted molar refractivity (Wildman–Crippen MR) is 60.4 cm³/mol. The monoisotopic (exact) mass is 247 g/mol. The van der Waals surface area contributed by atoms with Crippen LogP contribution in [-0.2, 0) is 4.74 Å². The van der Waals surface area contributed by atoms with E-state index < -0.39 is 0 Å². The number of carbonyl (C=O) groups is 1. The number of halogens is 2. The van der Waals surface area contributed by atoms with Crippen molar-refractivity contribution in [2.45, 2.75) is 6.92 Å². The summed E-state index contributed by atoms with van der Waals surface area (Å²) in [5.41, 5.74) is 0.390. The van der Waals surface area contributed by atoms with Crippen molar-refractivity contribution < 1.29 is 9.53 Å². The van der Waals surface area contributed by atoms with E-state index in [1.165, 1.54) is 6.07 Å². The number of amides is 1. The minimum atomic E-state index is -0.273. The molecule has 0 aliphatic rings. The number of benzene rings is 1. The molecule has 0 radical (unpaired) electrons. The Balaban J connectivity index is 2.65. The normalized spacial score (nSPS) is 10.1. The summed E-state index contributed by atoms with van der Waals surface area (Å²) in [4.78, 5) is 11.5. The predicted octanol–water partition coefficient (Wildman–Crippen LogP) is 2.72. The van der Waals surface area contributed by atoms with Crippen LogP contribution in [-0.4, -0.2) is 19.2 Å². The van der Waals surface area contributed by atoms with Crippen LogP contribution in [0.5, 0.6) is 0 Å². The molecule has 3 nitrogen and oxygen atoms in total. The molecule has 0 aromatic heterocycles. The first-order valence-electron chi connectivity index (χ1n) is 4.46. The zero-order chi connectivity index (χ0) is 11.3. The summed E-state index contributed by atoms with van der Waals surface area (Å²) in [5, 5.41) is 3.40.